The topological polar surface area (TPSA) is 54.0 Å². The highest BCUT2D eigenvalue weighted by atomic mass is 16.7. The van der Waals surface area contributed by atoms with E-state index in [2.05, 4.69) is 0 Å². The summed E-state index contributed by atoms with van der Waals surface area (Å²) in [5, 5.41) is 0. The number of esters is 1. The lowest BCUT2D eigenvalue weighted by Gasteiger charge is -2.06. The summed E-state index contributed by atoms with van der Waals surface area (Å²) in [5.74, 6) is -0.358. The normalized spacial score (nSPS) is 11.6. The van der Waals surface area contributed by atoms with Gasteiger partial charge in [0.25, 0.3) is 0 Å². The van der Waals surface area contributed by atoms with Crippen LogP contribution < -0.4 is 0 Å². The van der Waals surface area contributed by atoms with Crippen molar-refractivity contribution in [1.29, 1.82) is 0 Å². The molecule has 0 aliphatic heterocycles. The van der Waals surface area contributed by atoms with Gasteiger partial charge >= 0.3 is 5.97 Å². The van der Waals surface area contributed by atoms with E-state index < -0.39 is 0 Å². The number of ether oxygens (including phenoxy) is 4. The first-order valence-corrected chi connectivity index (χ1v) is 6.29. The first-order chi connectivity index (χ1) is 8.72. The van der Waals surface area contributed by atoms with Crippen LogP contribution in [-0.4, -0.2) is 45.8 Å². The Bertz CT molecular complexity index is 238. The molecule has 0 aromatic rings. The monoisotopic (exact) mass is 260 g/mol. The van der Waals surface area contributed by atoms with Gasteiger partial charge in [-0.05, 0) is 27.2 Å². The zero-order valence-corrected chi connectivity index (χ0v) is 11.6. The minimum absolute atomic E-state index is 0.0391. The fourth-order valence-electron chi connectivity index (χ4n) is 1.12. The summed E-state index contributed by atoms with van der Waals surface area (Å²) in [7, 11) is 0. The maximum absolute atomic E-state index is 11.5. The van der Waals surface area contributed by atoms with Gasteiger partial charge in [0.05, 0.1) is 19.8 Å². The van der Waals surface area contributed by atoms with Gasteiger partial charge in [0.15, 0.2) is 6.79 Å². The maximum atomic E-state index is 11.5. The molecule has 0 heterocycles. The van der Waals surface area contributed by atoms with E-state index in [0.717, 1.165) is 0 Å². The molecule has 5 nitrogen and oxygen atoms in total. The molecule has 18 heavy (non-hydrogen) atoms. The molecule has 0 aromatic heterocycles. The van der Waals surface area contributed by atoms with Crippen molar-refractivity contribution < 1.29 is 23.7 Å². The molecule has 0 aromatic carbocycles. The first-order valence-electron chi connectivity index (χ1n) is 6.29. The molecule has 0 unspecified atom stereocenters. The predicted octanol–water partition coefficient (Wildman–Crippen LogP) is 1.91. The summed E-state index contributed by atoms with van der Waals surface area (Å²) in [6, 6.07) is 0. The molecule has 5 heteroatoms. The van der Waals surface area contributed by atoms with E-state index in [9.17, 15) is 4.79 Å². The van der Waals surface area contributed by atoms with Gasteiger partial charge in [-0.25, -0.2) is 4.79 Å². The summed E-state index contributed by atoms with van der Waals surface area (Å²) in [4.78, 5) is 11.5. The fraction of sp³-hybridized carbons (Fsp3) is 0.769. The lowest BCUT2D eigenvalue weighted by molar-refractivity contribution is -0.152. The van der Waals surface area contributed by atoms with Crippen molar-refractivity contribution >= 4 is 5.97 Å². The van der Waals surface area contributed by atoms with Gasteiger partial charge in [0, 0.05) is 18.8 Å². The molecule has 0 aliphatic rings. The molecule has 0 amide bonds. The van der Waals surface area contributed by atoms with Crippen LogP contribution in [0.4, 0.5) is 0 Å². The van der Waals surface area contributed by atoms with Crippen LogP contribution in [0.15, 0.2) is 11.6 Å². The van der Waals surface area contributed by atoms with E-state index in [1.807, 2.05) is 13.8 Å². The second-order valence-electron chi connectivity index (χ2n) is 3.53. The van der Waals surface area contributed by atoms with Crippen molar-refractivity contribution in [3.05, 3.63) is 11.6 Å². The van der Waals surface area contributed by atoms with Gasteiger partial charge < -0.3 is 18.9 Å². The predicted molar refractivity (Wildman–Crippen MR) is 68.3 cm³/mol. The number of hydrogen-bond donors (Lipinski definition) is 0. The molecule has 0 saturated carbocycles. The molecule has 0 rings (SSSR count). The summed E-state index contributed by atoms with van der Waals surface area (Å²) in [6.45, 7) is 8.42. The van der Waals surface area contributed by atoms with Crippen LogP contribution in [0.25, 0.3) is 0 Å². The summed E-state index contributed by atoms with van der Waals surface area (Å²) < 4.78 is 20.2. The highest BCUT2D eigenvalue weighted by Gasteiger charge is 2.04. The number of carbonyl (C=O) groups is 1. The van der Waals surface area contributed by atoms with Crippen molar-refractivity contribution in [3.63, 3.8) is 0 Å². The Morgan fingerprint density at radius 2 is 1.61 bits per heavy atom. The molecule has 0 spiro atoms. The third-order valence-electron chi connectivity index (χ3n) is 2.09. The minimum atomic E-state index is -0.358. The zero-order chi connectivity index (χ0) is 13.6. The largest absolute Gasteiger partial charge is 0.435 e. The Morgan fingerprint density at radius 3 is 2.28 bits per heavy atom. The molecule has 0 atom stereocenters. The van der Waals surface area contributed by atoms with Crippen LogP contribution >= 0.6 is 0 Å². The molecule has 0 radical (unpaired) electrons. The van der Waals surface area contributed by atoms with E-state index in [1.54, 1.807) is 13.0 Å². The lowest BCUT2D eigenvalue weighted by atomic mass is 10.2. The molecule has 0 saturated heterocycles. The fourth-order valence-corrected chi connectivity index (χ4v) is 1.12. The van der Waals surface area contributed by atoms with E-state index >= 15 is 0 Å². The Balaban J connectivity index is 3.55. The molecule has 0 fully saturated rings. The van der Waals surface area contributed by atoms with Crippen molar-refractivity contribution in [2.75, 3.05) is 39.8 Å². The van der Waals surface area contributed by atoms with Crippen molar-refractivity contribution in [2.24, 2.45) is 0 Å². The van der Waals surface area contributed by atoms with Crippen LogP contribution in [0.1, 0.15) is 27.2 Å². The van der Waals surface area contributed by atoms with E-state index in [0.29, 0.717) is 45.0 Å². The second-order valence-corrected chi connectivity index (χ2v) is 3.53. The third-order valence-corrected chi connectivity index (χ3v) is 2.09. The van der Waals surface area contributed by atoms with Crippen LogP contribution in [0.2, 0.25) is 0 Å². The molecule has 0 aliphatic carbocycles. The van der Waals surface area contributed by atoms with Crippen LogP contribution in [0.5, 0.6) is 0 Å². The maximum Gasteiger partial charge on any atom is 0.335 e. The highest BCUT2D eigenvalue weighted by molar-refractivity contribution is 5.87. The molecule has 0 N–H and O–H groups in total. The third kappa shape index (κ3) is 10.3. The number of hydrogen-bond acceptors (Lipinski definition) is 5. The quantitative estimate of drug-likeness (QED) is 0.246. The van der Waals surface area contributed by atoms with E-state index in [4.69, 9.17) is 18.9 Å². The summed E-state index contributed by atoms with van der Waals surface area (Å²) in [5.41, 5.74) is 0.572. The average molecular weight is 260 g/mol. The summed E-state index contributed by atoms with van der Waals surface area (Å²) >= 11 is 0. The molecule has 106 valence electrons. The van der Waals surface area contributed by atoms with Crippen LogP contribution in [0.3, 0.4) is 0 Å². The Hall–Kier alpha value is -0.910. The molecular formula is C13H24O5. The summed E-state index contributed by atoms with van der Waals surface area (Å²) in [6.07, 6.45) is 2.51. The standard InChI is InChI=1S/C13H24O5/c1-4-15-8-6-7-12(3)13(14)18-11-17-10-9-16-5-2/h7H,4-6,8-11H2,1-3H3. The Labute approximate surface area is 109 Å². The smallest absolute Gasteiger partial charge is 0.335 e. The van der Waals surface area contributed by atoms with Gasteiger partial charge in [-0.1, -0.05) is 6.08 Å². The zero-order valence-electron chi connectivity index (χ0n) is 11.6. The van der Waals surface area contributed by atoms with Gasteiger partial charge in [0.1, 0.15) is 0 Å². The Morgan fingerprint density at radius 1 is 1.00 bits per heavy atom. The van der Waals surface area contributed by atoms with Crippen molar-refractivity contribution in [2.45, 2.75) is 27.2 Å². The molecule has 0 bridgehead atoms. The minimum Gasteiger partial charge on any atom is -0.435 e. The van der Waals surface area contributed by atoms with E-state index in [1.165, 1.54) is 0 Å². The number of rotatable bonds is 11. The molecular weight excluding hydrogens is 236 g/mol. The van der Waals surface area contributed by atoms with Crippen LogP contribution in [-0.2, 0) is 23.7 Å². The second kappa shape index (κ2) is 12.5. The van der Waals surface area contributed by atoms with Crippen molar-refractivity contribution in [1.82, 2.24) is 0 Å². The van der Waals surface area contributed by atoms with Crippen LogP contribution in [0, 0.1) is 0 Å². The SMILES string of the molecule is CCOCCC=C(C)C(=O)OCOCCOCC. The average Bonchev–Trinajstić information content (AvgIpc) is 2.38. The lowest BCUT2D eigenvalue weighted by Crippen LogP contribution is -2.12. The first kappa shape index (κ1) is 17.1. The van der Waals surface area contributed by atoms with Gasteiger partial charge in [-0.3, -0.25) is 0 Å². The highest BCUT2D eigenvalue weighted by Crippen LogP contribution is 1.99. The van der Waals surface area contributed by atoms with Crippen molar-refractivity contribution in [3.8, 4) is 0 Å². The van der Waals surface area contributed by atoms with E-state index in [-0.39, 0.29) is 12.8 Å². The Kier molecular flexibility index (Phi) is 11.9. The van der Waals surface area contributed by atoms with Gasteiger partial charge in [-0.15, -0.1) is 0 Å². The van der Waals surface area contributed by atoms with Gasteiger partial charge in [0.2, 0.25) is 0 Å². The number of carbonyl (C=O) groups excluding carboxylic acids is 1. The van der Waals surface area contributed by atoms with Gasteiger partial charge in [-0.2, -0.15) is 0 Å².